The van der Waals surface area contributed by atoms with Gasteiger partial charge in [-0.1, -0.05) is 13.3 Å². The number of aromatic nitrogens is 1. The van der Waals surface area contributed by atoms with E-state index < -0.39 is 31.0 Å². The van der Waals surface area contributed by atoms with Crippen molar-refractivity contribution in [3.05, 3.63) is 30.1 Å². The summed E-state index contributed by atoms with van der Waals surface area (Å²) in [5, 5.41) is 0. The van der Waals surface area contributed by atoms with Gasteiger partial charge in [0.2, 0.25) is 0 Å². The highest BCUT2D eigenvalue weighted by molar-refractivity contribution is 5.06. The van der Waals surface area contributed by atoms with Gasteiger partial charge in [0.05, 0.1) is 6.42 Å². The maximum Gasteiger partial charge on any atom is 0.459 e. The van der Waals surface area contributed by atoms with Crippen LogP contribution >= 0.6 is 0 Å². The van der Waals surface area contributed by atoms with Crippen molar-refractivity contribution in [1.82, 2.24) is 0 Å². The zero-order chi connectivity index (χ0) is 16.3. The highest BCUT2D eigenvalue weighted by Crippen LogP contribution is 2.47. The van der Waals surface area contributed by atoms with E-state index in [0.717, 1.165) is 23.0 Å². The van der Waals surface area contributed by atoms with Gasteiger partial charge in [-0.25, -0.2) is 4.57 Å². The van der Waals surface area contributed by atoms with Crippen molar-refractivity contribution in [2.75, 3.05) is 0 Å². The highest BCUT2D eigenvalue weighted by atomic mass is 19.4. The van der Waals surface area contributed by atoms with Crippen LogP contribution < -0.4 is 4.57 Å². The van der Waals surface area contributed by atoms with Gasteiger partial charge in [0, 0.05) is 12.1 Å². The van der Waals surface area contributed by atoms with E-state index in [2.05, 4.69) is 0 Å². The Morgan fingerprint density at radius 3 is 1.90 bits per heavy atom. The molecular weight excluding hydrogens is 303 g/mol. The van der Waals surface area contributed by atoms with Crippen molar-refractivity contribution in [3.63, 3.8) is 0 Å². The molecule has 1 nitrogen and oxygen atoms in total. The van der Waals surface area contributed by atoms with E-state index in [4.69, 9.17) is 0 Å². The second-order valence-electron chi connectivity index (χ2n) is 4.72. The Labute approximate surface area is 117 Å². The molecular formula is C13H15F7N+. The van der Waals surface area contributed by atoms with Crippen LogP contribution in [0.1, 0.15) is 25.3 Å². The second-order valence-corrected chi connectivity index (χ2v) is 4.72. The average molecular weight is 318 g/mol. The van der Waals surface area contributed by atoms with Gasteiger partial charge >= 0.3 is 18.0 Å². The van der Waals surface area contributed by atoms with E-state index in [0.29, 0.717) is 0 Å². The van der Waals surface area contributed by atoms with E-state index in [1.165, 1.54) is 12.4 Å². The molecule has 0 radical (unpaired) electrons. The minimum Gasteiger partial charge on any atom is -0.205 e. The monoisotopic (exact) mass is 318 g/mol. The Hall–Kier alpha value is -1.34. The molecule has 0 amide bonds. The smallest absolute Gasteiger partial charge is 0.205 e. The van der Waals surface area contributed by atoms with Crippen molar-refractivity contribution < 1.29 is 35.3 Å². The van der Waals surface area contributed by atoms with E-state index >= 15 is 0 Å². The van der Waals surface area contributed by atoms with Crippen LogP contribution in [0, 0.1) is 0 Å². The zero-order valence-corrected chi connectivity index (χ0v) is 11.2. The molecule has 0 aliphatic rings. The Balaban J connectivity index is 2.73. The summed E-state index contributed by atoms with van der Waals surface area (Å²) in [5.74, 6) is -11.2. The summed E-state index contributed by atoms with van der Waals surface area (Å²) in [6, 6.07) is 3.23. The fourth-order valence-electron chi connectivity index (χ4n) is 1.73. The van der Waals surface area contributed by atoms with E-state index in [-0.39, 0.29) is 0 Å². The summed E-state index contributed by atoms with van der Waals surface area (Å²) in [6.07, 6.45) is -3.47. The lowest BCUT2D eigenvalue weighted by molar-refractivity contribution is -0.700. The largest absolute Gasteiger partial charge is 0.459 e. The molecule has 0 aliphatic heterocycles. The fourth-order valence-corrected chi connectivity index (χ4v) is 1.73. The normalized spacial score (nSPS) is 13.5. The number of nitrogens with zero attached hydrogens (tertiary/aromatic N) is 1. The van der Waals surface area contributed by atoms with Crippen LogP contribution in [0.4, 0.5) is 30.7 Å². The van der Waals surface area contributed by atoms with Gasteiger partial charge in [0.1, 0.15) is 0 Å². The molecule has 0 saturated heterocycles. The Kier molecular flexibility index (Phi) is 5.22. The van der Waals surface area contributed by atoms with Crippen LogP contribution in [0.3, 0.4) is 0 Å². The summed E-state index contributed by atoms with van der Waals surface area (Å²) in [7, 11) is 0. The van der Waals surface area contributed by atoms with E-state index in [1.54, 1.807) is 12.1 Å². The molecule has 1 rings (SSSR count). The third-order valence-corrected chi connectivity index (χ3v) is 3.00. The number of hydrogen-bond acceptors (Lipinski definition) is 0. The van der Waals surface area contributed by atoms with Crippen molar-refractivity contribution in [3.8, 4) is 0 Å². The predicted octanol–water partition coefficient (Wildman–Crippen LogP) is 4.15. The van der Waals surface area contributed by atoms with Crippen LogP contribution in [0.2, 0.25) is 0 Å². The van der Waals surface area contributed by atoms with Crippen molar-refractivity contribution in [2.45, 2.75) is 50.8 Å². The maximum atomic E-state index is 13.1. The predicted molar refractivity (Wildman–Crippen MR) is 61.2 cm³/mol. The first-order valence-electron chi connectivity index (χ1n) is 6.31. The summed E-state index contributed by atoms with van der Waals surface area (Å²) in [6.45, 7) is 1.31. The average Bonchev–Trinajstić information content (AvgIpc) is 2.37. The third-order valence-electron chi connectivity index (χ3n) is 3.00. The first kappa shape index (κ1) is 17.7. The number of pyridine rings is 1. The lowest BCUT2D eigenvalue weighted by Crippen LogP contribution is -2.53. The molecule has 0 aliphatic carbocycles. The number of aryl methyl sites for hydroxylation is 2. The maximum absolute atomic E-state index is 13.1. The van der Waals surface area contributed by atoms with Gasteiger partial charge < -0.3 is 0 Å². The number of alkyl halides is 7. The molecule has 1 heterocycles. The molecule has 8 heteroatoms. The van der Waals surface area contributed by atoms with Gasteiger partial charge in [-0.3, -0.25) is 0 Å². The molecule has 0 spiro atoms. The molecule has 1 aromatic rings. The topological polar surface area (TPSA) is 3.88 Å². The van der Waals surface area contributed by atoms with Crippen molar-refractivity contribution in [2.24, 2.45) is 0 Å². The van der Waals surface area contributed by atoms with Crippen LogP contribution in [-0.2, 0) is 13.0 Å². The SMILES string of the molecule is CCCc1cc[n+](CCC(F)(F)C(F)(F)C(F)(F)F)cc1. The zero-order valence-electron chi connectivity index (χ0n) is 11.2. The minimum atomic E-state index is -6.27. The molecule has 0 unspecified atom stereocenters. The van der Waals surface area contributed by atoms with Gasteiger partial charge in [-0.15, -0.1) is 0 Å². The Morgan fingerprint density at radius 2 is 1.48 bits per heavy atom. The molecule has 0 fully saturated rings. The summed E-state index contributed by atoms with van der Waals surface area (Å²) < 4.78 is 88.6. The molecule has 1 aromatic heterocycles. The lowest BCUT2D eigenvalue weighted by Gasteiger charge is -2.27. The number of halogens is 7. The molecule has 21 heavy (non-hydrogen) atoms. The van der Waals surface area contributed by atoms with Crippen LogP contribution in [-0.4, -0.2) is 18.0 Å². The highest BCUT2D eigenvalue weighted by Gasteiger charge is 2.72. The number of rotatable bonds is 6. The standard InChI is InChI=1S/C13H15F7N/c1-2-3-10-4-7-21(8-5-10)9-6-11(14,15)12(16,17)13(18,19)20/h4-5,7-8H,2-3,6,9H2,1H3/q+1. The quantitative estimate of drug-likeness (QED) is 0.548. The minimum absolute atomic E-state index is 0.634. The summed E-state index contributed by atoms with van der Waals surface area (Å²) in [5.41, 5.74) is 0.932. The van der Waals surface area contributed by atoms with Crippen LogP contribution in [0.25, 0.3) is 0 Å². The summed E-state index contributed by atoms with van der Waals surface area (Å²) in [4.78, 5) is 0. The van der Waals surface area contributed by atoms with E-state index in [9.17, 15) is 30.7 Å². The van der Waals surface area contributed by atoms with Crippen molar-refractivity contribution in [1.29, 1.82) is 0 Å². The fraction of sp³-hybridized carbons (Fsp3) is 0.615. The van der Waals surface area contributed by atoms with E-state index in [1.807, 2.05) is 6.92 Å². The molecule has 0 saturated carbocycles. The molecule has 0 atom stereocenters. The Bertz CT molecular complexity index is 451. The van der Waals surface area contributed by atoms with Crippen LogP contribution in [0.15, 0.2) is 24.5 Å². The molecule has 0 N–H and O–H groups in total. The third kappa shape index (κ3) is 4.07. The lowest BCUT2D eigenvalue weighted by atomic mass is 10.1. The van der Waals surface area contributed by atoms with Crippen molar-refractivity contribution >= 4 is 0 Å². The van der Waals surface area contributed by atoms with Gasteiger partial charge in [0.25, 0.3) is 0 Å². The first-order valence-corrected chi connectivity index (χ1v) is 6.31. The van der Waals surface area contributed by atoms with Gasteiger partial charge in [0.15, 0.2) is 18.9 Å². The van der Waals surface area contributed by atoms with Gasteiger partial charge in [-0.2, -0.15) is 30.7 Å². The van der Waals surface area contributed by atoms with Crippen LogP contribution in [0.5, 0.6) is 0 Å². The first-order chi connectivity index (χ1) is 9.51. The number of hydrogen-bond donors (Lipinski definition) is 0. The second kappa shape index (κ2) is 6.19. The molecule has 0 aromatic carbocycles. The Morgan fingerprint density at radius 1 is 0.952 bits per heavy atom. The summed E-state index contributed by atoms with van der Waals surface area (Å²) >= 11 is 0. The molecule has 120 valence electrons. The van der Waals surface area contributed by atoms with Gasteiger partial charge in [-0.05, 0) is 12.0 Å². The molecule has 0 bridgehead atoms.